The van der Waals surface area contributed by atoms with Crippen molar-refractivity contribution in [3.8, 4) is 44.6 Å². The molecule has 0 bridgehead atoms. The summed E-state index contributed by atoms with van der Waals surface area (Å²) in [5.41, 5.74) is 7.41. The highest BCUT2D eigenvalue weighted by Gasteiger charge is 2.22. The van der Waals surface area contributed by atoms with E-state index in [-0.39, 0.29) is 55.8 Å². The second-order valence-electron chi connectivity index (χ2n) is 35.5. The van der Waals surface area contributed by atoms with Crippen LogP contribution in [0.25, 0.3) is 20.3 Å². The Morgan fingerprint density at radius 1 is 0.277 bits per heavy atom. The summed E-state index contributed by atoms with van der Waals surface area (Å²) in [6.45, 7) is 11.4. The van der Waals surface area contributed by atoms with Crippen molar-refractivity contribution in [2.45, 2.75) is 182 Å². The van der Waals surface area contributed by atoms with Crippen LogP contribution in [0.1, 0.15) is 221 Å². The highest BCUT2D eigenvalue weighted by atomic mass is 32.1. The van der Waals surface area contributed by atoms with Gasteiger partial charge in [-0.15, -0.1) is 43.1 Å². The molecule has 0 fully saturated rings. The molecule has 780 valence electrons. The molecule has 0 spiro atoms. The lowest BCUT2D eigenvalue weighted by Gasteiger charge is -2.11. The number of rotatable bonds is 52. The molecule has 14 aromatic rings. The first-order valence-corrected chi connectivity index (χ1v) is 53.4. The highest BCUT2D eigenvalue weighted by Crippen LogP contribution is 2.38. The molecule has 4 aromatic heterocycles. The van der Waals surface area contributed by atoms with Crippen molar-refractivity contribution in [3.05, 3.63) is 274 Å². The van der Waals surface area contributed by atoms with Gasteiger partial charge >= 0.3 is 23.9 Å². The van der Waals surface area contributed by atoms with Crippen molar-refractivity contribution in [1.82, 2.24) is 9.97 Å². The fraction of sp³-hybridized carbons (Fsp3) is 0.351. The summed E-state index contributed by atoms with van der Waals surface area (Å²) in [5.74, 6) is -3.10. The van der Waals surface area contributed by atoms with Crippen molar-refractivity contribution < 1.29 is 74.6 Å². The Kier molecular flexibility index (Phi) is 47.3. The van der Waals surface area contributed by atoms with E-state index in [0.29, 0.717) is 74.6 Å². The molecular weight excluding hydrogens is 1960 g/mol. The molecule has 0 aliphatic heterocycles. The Hall–Kier alpha value is -14.2. The normalized spacial score (nSPS) is 11.2. The number of fused-ring (bicyclic) bond motifs is 2. The van der Waals surface area contributed by atoms with Gasteiger partial charge in [0.2, 0.25) is 10.0 Å². The van der Waals surface area contributed by atoms with E-state index in [2.05, 4.69) is 78.6 Å². The number of nitrogens with zero attached hydrogens (tertiary/aromatic N) is 14. The van der Waals surface area contributed by atoms with Crippen molar-refractivity contribution in [3.63, 3.8) is 0 Å². The number of carbonyl (C=O) groups excluding carboxylic acids is 4. The van der Waals surface area contributed by atoms with Crippen molar-refractivity contribution >= 4 is 158 Å². The molecule has 0 unspecified atom stereocenters. The van der Waals surface area contributed by atoms with Gasteiger partial charge in [0.1, 0.15) is 67.0 Å². The molecule has 0 saturated heterocycles. The lowest BCUT2D eigenvalue weighted by atomic mass is 10.1. The Labute approximate surface area is 880 Å². The fourth-order valence-electron chi connectivity index (χ4n) is 14.3. The summed E-state index contributed by atoms with van der Waals surface area (Å²) >= 11 is 4.86. The van der Waals surface area contributed by atoms with E-state index in [4.69, 9.17) is 37.9 Å². The molecule has 0 N–H and O–H groups in total. The topological polar surface area (TPSA) is 280 Å². The minimum absolute atomic E-state index is 0.0416. The van der Waals surface area contributed by atoms with Crippen LogP contribution in [-0.4, -0.2) is 117 Å². The van der Waals surface area contributed by atoms with Gasteiger partial charge in [-0.2, -0.15) is 20.5 Å². The lowest BCUT2D eigenvalue weighted by Crippen LogP contribution is -2.07. The Morgan fingerprint density at radius 2 is 0.595 bits per heavy atom. The maximum atomic E-state index is 14.6. The van der Waals surface area contributed by atoms with Crippen LogP contribution < -0.4 is 57.5 Å². The number of esters is 4. The number of hydrogen-bond acceptors (Lipinski definition) is 30. The first-order chi connectivity index (χ1) is 71.8. The van der Waals surface area contributed by atoms with Crippen LogP contribution in [0.2, 0.25) is 0 Å². The van der Waals surface area contributed by atoms with Gasteiger partial charge in [0, 0.05) is 108 Å². The number of thiazole rings is 2. The van der Waals surface area contributed by atoms with Gasteiger partial charge in [0.15, 0.2) is 33.4 Å². The first-order valence-electron chi connectivity index (χ1n) is 50.1. The van der Waals surface area contributed by atoms with E-state index < -0.39 is 47.1 Å². The quantitative estimate of drug-likeness (QED) is 0.0113. The highest BCUT2D eigenvalue weighted by molar-refractivity contribution is 7.21. The van der Waals surface area contributed by atoms with Crippen LogP contribution in [0.15, 0.2) is 272 Å². The first kappa shape index (κ1) is 114. The third-order valence-electron chi connectivity index (χ3n) is 22.8. The average Bonchev–Trinajstić information content (AvgIpc) is 1.67. The number of aromatic nitrogens is 2. The molecule has 14 rings (SSSR count). The number of benzene rings is 10. The van der Waals surface area contributed by atoms with E-state index >= 15 is 0 Å². The van der Waals surface area contributed by atoms with Crippen LogP contribution in [-0.2, 0) is 0 Å². The average molecular weight is 2090 g/mol. The SMILES string of the molecule is CCCCCCCCOc1ccc(C(=O)Oc2ccc(N=Nc3ccc(N(C)C)cc3)c(F)c2)s1.CCCCCCCCOc1ccc2cc(C(=O)Oc3ccc(N=Nc4ccc(N(C)C)cc4)c(F)c3)sc2c1.CCCCCCCCOc1ccc2nc(C(=O)Oc3ccc(N=Nc4ccc(N(C)C)cc4)c(F)c3)sc2c1.CCCCCCCCOc1cnc(C(=O)Oc2ccc(N=Nc3ccc(N(C)C)cc3)c(F)c2)s1. The minimum atomic E-state index is -0.667. The summed E-state index contributed by atoms with van der Waals surface area (Å²) in [5, 5.41) is 34.7. The van der Waals surface area contributed by atoms with Crippen LogP contribution in [0.3, 0.4) is 0 Å². The van der Waals surface area contributed by atoms with Crippen LogP contribution >= 0.6 is 45.3 Å². The predicted molar refractivity (Wildman–Crippen MR) is 589 cm³/mol. The second-order valence-corrected chi connectivity index (χ2v) is 39.6. The van der Waals surface area contributed by atoms with E-state index in [1.165, 1.54) is 198 Å². The van der Waals surface area contributed by atoms with Gasteiger partial charge in [0.25, 0.3) is 0 Å². The predicted octanol–water partition coefficient (Wildman–Crippen LogP) is 34.4. The van der Waals surface area contributed by atoms with Crippen molar-refractivity contribution in [1.29, 1.82) is 0 Å². The zero-order valence-electron chi connectivity index (χ0n) is 86.0. The maximum Gasteiger partial charge on any atom is 0.372 e. The largest absolute Gasteiger partial charge is 0.494 e. The molecule has 4 heterocycles. The third-order valence-corrected chi connectivity index (χ3v) is 26.7. The van der Waals surface area contributed by atoms with Gasteiger partial charge in [-0.25, -0.2) is 46.7 Å². The van der Waals surface area contributed by atoms with E-state index in [9.17, 15) is 36.7 Å². The summed E-state index contributed by atoms with van der Waals surface area (Å²) in [7, 11) is 15.6. The summed E-state index contributed by atoms with van der Waals surface area (Å²) in [6.07, 6.45) is 30.2. The smallest absolute Gasteiger partial charge is 0.372 e. The third kappa shape index (κ3) is 38.6. The number of halogens is 4. The summed E-state index contributed by atoms with van der Waals surface area (Å²) in [4.78, 5) is 67.4. The van der Waals surface area contributed by atoms with Crippen molar-refractivity contribution in [2.75, 3.05) is 102 Å². The number of unbranched alkanes of at least 4 members (excludes halogenated alkanes) is 20. The molecule has 0 aliphatic rings. The lowest BCUT2D eigenvalue weighted by molar-refractivity contribution is 0.0724. The van der Waals surface area contributed by atoms with Gasteiger partial charge in [-0.1, -0.05) is 179 Å². The Bertz CT molecular complexity index is 6240. The van der Waals surface area contributed by atoms with Gasteiger partial charge in [0.05, 0.1) is 65.6 Å². The molecule has 34 heteroatoms. The molecule has 0 aliphatic carbocycles. The molecule has 148 heavy (non-hydrogen) atoms. The molecule has 10 aromatic carbocycles. The van der Waals surface area contributed by atoms with Gasteiger partial charge < -0.3 is 57.5 Å². The zero-order chi connectivity index (χ0) is 105. The number of thiophene rings is 2. The van der Waals surface area contributed by atoms with Crippen LogP contribution in [0, 0.1) is 23.3 Å². The molecular formula is C114H130F4N14O12S4. The van der Waals surface area contributed by atoms with Gasteiger partial charge in [-0.05, 0) is 231 Å². The zero-order valence-corrected chi connectivity index (χ0v) is 89.3. The standard InChI is InChI=1S/C31H34FN3O3S.C30H33FN4O3S.C27H32FN3O3S.C26H31FN4O3S/c1-4-5-6-7-8-9-18-37-25-15-10-22-19-30(39-29(22)21-25)31(36)38-26-16-17-28(27(32)20-26)34-33-23-11-13-24(14-12-23)35(2)3;1-4-5-6-7-8-9-18-37-23-14-17-27-28(20-23)39-29(32-27)30(36)38-24-15-16-26(25(31)19-24)34-33-21-10-12-22(13-11-21)35(2)3;1-4-5-6-7-8-9-18-33-26-17-16-25(35-26)27(32)34-22-14-15-24(23(28)19-22)30-29-20-10-12-21(13-11-20)31(2)3;1-4-5-6-7-8-9-16-33-24-18-28-25(35-24)26(32)34-21-14-15-23(22(27)17-21)30-29-19-10-12-20(13-11-19)31(2)3/h10-17,19-21H,4-9,18H2,1-3H3;10-17,19-20H,4-9,18H2,1-3H3;10-17,19H,4-9,18H2,1-3H3;10-15,17-18H,4-9,16H2,1-3H3. The van der Waals surface area contributed by atoms with E-state index in [1.54, 1.807) is 54.6 Å². The Balaban J connectivity index is 0.000000188. The monoisotopic (exact) mass is 2090 g/mol. The van der Waals surface area contributed by atoms with Crippen LogP contribution in [0.5, 0.6) is 44.6 Å². The molecule has 0 amide bonds. The Morgan fingerprint density at radius 3 is 0.959 bits per heavy atom. The summed E-state index contributed by atoms with van der Waals surface area (Å²) in [6, 6.07) is 62.3. The second kappa shape index (κ2) is 61.4. The molecule has 0 atom stereocenters. The van der Waals surface area contributed by atoms with E-state index in [1.807, 2.05) is 173 Å². The number of ether oxygens (including phenoxy) is 8. The minimum Gasteiger partial charge on any atom is -0.494 e. The number of hydrogen-bond donors (Lipinski definition) is 0. The number of anilines is 4. The van der Waals surface area contributed by atoms with Crippen molar-refractivity contribution in [2.24, 2.45) is 40.9 Å². The number of carbonyl (C=O) groups is 4. The maximum absolute atomic E-state index is 14.6. The molecule has 0 radical (unpaired) electrons. The molecule has 0 saturated carbocycles. The summed E-state index contributed by atoms with van der Waals surface area (Å²) < 4.78 is 105. The fourth-order valence-corrected chi connectivity index (χ4v) is 17.6. The number of azo groups is 4. The van der Waals surface area contributed by atoms with Crippen LogP contribution in [0.4, 0.5) is 85.8 Å². The van der Waals surface area contributed by atoms with E-state index in [0.717, 1.165) is 130 Å². The van der Waals surface area contributed by atoms with Gasteiger partial charge in [-0.3, -0.25) is 0 Å². The molecule has 26 nitrogen and oxygen atoms in total.